The van der Waals surface area contributed by atoms with E-state index in [0.29, 0.717) is 29.4 Å². The van der Waals surface area contributed by atoms with E-state index in [4.69, 9.17) is 14.2 Å². The van der Waals surface area contributed by atoms with Gasteiger partial charge in [-0.1, -0.05) is 18.2 Å². The molecule has 3 aromatic rings. The highest BCUT2D eigenvalue weighted by Gasteiger charge is 2.15. The van der Waals surface area contributed by atoms with E-state index in [1.807, 2.05) is 36.4 Å². The lowest BCUT2D eigenvalue weighted by molar-refractivity contribution is 0.0947. The van der Waals surface area contributed by atoms with Gasteiger partial charge in [-0.2, -0.15) is 0 Å². The fourth-order valence-electron chi connectivity index (χ4n) is 2.83. The van der Waals surface area contributed by atoms with Gasteiger partial charge in [0.1, 0.15) is 5.75 Å². The van der Waals surface area contributed by atoms with Crippen molar-refractivity contribution in [1.82, 2.24) is 5.32 Å². The number of nitrogens with one attached hydrogen (secondary N) is 1. The van der Waals surface area contributed by atoms with Crippen LogP contribution in [-0.4, -0.2) is 27.2 Å². The molecule has 3 rings (SSSR count). The van der Waals surface area contributed by atoms with Crippen molar-refractivity contribution in [2.24, 2.45) is 0 Å². The summed E-state index contributed by atoms with van der Waals surface area (Å²) in [5.41, 5.74) is 1.47. The van der Waals surface area contributed by atoms with E-state index in [1.54, 1.807) is 50.5 Å². The maximum atomic E-state index is 12.9. The first kappa shape index (κ1) is 21.1. The van der Waals surface area contributed by atoms with Crippen molar-refractivity contribution in [3.63, 3.8) is 0 Å². The minimum absolute atomic E-state index is 0.129. The Labute approximate surface area is 179 Å². The minimum Gasteiger partial charge on any atom is -0.496 e. The van der Waals surface area contributed by atoms with Gasteiger partial charge in [-0.15, -0.1) is 23.1 Å². The number of benzene rings is 2. The molecule has 1 aromatic heterocycles. The predicted octanol–water partition coefficient (Wildman–Crippen LogP) is 5.00. The molecule has 0 aliphatic rings. The summed E-state index contributed by atoms with van der Waals surface area (Å²) in [6.45, 7) is 0.312. The van der Waals surface area contributed by atoms with Gasteiger partial charge in [0.15, 0.2) is 11.5 Å². The monoisotopic (exact) mass is 429 g/mol. The molecule has 0 spiro atoms. The highest BCUT2D eigenvalue weighted by molar-refractivity contribution is 7.98. The molecule has 1 amide bonds. The normalized spacial score (nSPS) is 10.4. The van der Waals surface area contributed by atoms with Crippen LogP contribution in [-0.2, 0) is 12.3 Å². The number of methoxy groups -OCH3 is 3. The predicted molar refractivity (Wildman–Crippen MR) is 118 cm³/mol. The zero-order valence-electron chi connectivity index (χ0n) is 16.6. The van der Waals surface area contributed by atoms with Gasteiger partial charge in [-0.05, 0) is 29.6 Å². The van der Waals surface area contributed by atoms with Gasteiger partial charge in [0.25, 0.3) is 5.91 Å². The second-order valence-corrected chi connectivity index (χ2v) is 8.12. The molecule has 0 atom stereocenters. The van der Waals surface area contributed by atoms with Crippen LogP contribution in [0.2, 0.25) is 0 Å². The van der Waals surface area contributed by atoms with Crippen LogP contribution in [0, 0.1) is 0 Å². The molecule has 152 valence electrons. The molecule has 1 heterocycles. The third-order valence-electron chi connectivity index (χ3n) is 4.31. The molecular formula is C22H23NO4S2. The van der Waals surface area contributed by atoms with Crippen LogP contribution < -0.4 is 19.5 Å². The summed E-state index contributed by atoms with van der Waals surface area (Å²) in [5.74, 6) is 2.50. The van der Waals surface area contributed by atoms with Crippen molar-refractivity contribution in [2.45, 2.75) is 17.2 Å². The lowest BCUT2D eigenvalue weighted by Crippen LogP contribution is -2.23. The van der Waals surface area contributed by atoms with Crippen LogP contribution in [0.4, 0.5) is 0 Å². The van der Waals surface area contributed by atoms with Crippen molar-refractivity contribution in [3.05, 3.63) is 69.9 Å². The fraction of sp³-hybridized carbons (Fsp3) is 0.227. The number of carbonyl (C=O) groups is 1. The lowest BCUT2D eigenvalue weighted by atomic mass is 10.1. The van der Waals surface area contributed by atoms with Gasteiger partial charge < -0.3 is 19.5 Å². The molecule has 0 saturated heterocycles. The van der Waals surface area contributed by atoms with Crippen LogP contribution in [0.3, 0.4) is 0 Å². The smallest absolute Gasteiger partial charge is 0.252 e. The number of thiophene rings is 1. The molecule has 0 fully saturated rings. The Morgan fingerprint density at radius 1 is 0.966 bits per heavy atom. The first-order valence-corrected chi connectivity index (χ1v) is 10.8. The number of thioether (sulfide) groups is 1. The van der Waals surface area contributed by atoms with E-state index in [2.05, 4.69) is 16.8 Å². The van der Waals surface area contributed by atoms with Crippen LogP contribution >= 0.6 is 23.1 Å². The van der Waals surface area contributed by atoms with Gasteiger partial charge in [0, 0.05) is 33.7 Å². The first-order valence-electron chi connectivity index (χ1n) is 8.97. The maximum absolute atomic E-state index is 12.9. The van der Waals surface area contributed by atoms with Crippen LogP contribution in [0.15, 0.2) is 58.8 Å². The van der Waals surface area contributed by atoms with Gasteiger partial charge in [0.05, 0.1) is 26.9 Å². The van der Waals surface area contributed by atoms with E-state index in [9.17, 15) is 4.79 Å². The van der Waals surface area contributed by atoms with Crippen LogP contribution in [0.25, 0.3) is 0 Å². The van der Waals surface area contributed by atoms with E-state index in [0.717, 1.165) is 16.2 Å². The summed E-state index contributed by atoms with van der Waals surface area (Å²) in [4.78, 5) is 15.1. The van der Waals surface area contributed by atoms with E-state index in [-0.39, 0.29) is 5.91 Å². The van der Waals surface area contributed by atoms with Gasteiger partial charge in [-0.25, -0.2) is 0 Å². The average molecular weight is 430 g/mol. The summed E-state index contributed by atoms with van der Waals surface area (Å²) < 4.78 is 16.1. The molecule has 0 bridgehead atoms. The van der Waals surface area contributed by atoms with E-state index in [1.165, 1.54) is 4.88 Å². The third-order valence-corrected chi connectivity index (χ3v) is 6.49. The topological polar surface area (TPSA) is 56.8 Å². The highest BCUT2D eigenvalue weighted by Crippen LogP contribution is 2.34. The number of rotatable bonds is 9. The summed E-state index contributed by atoms with van der Waals surface area (Å²) in [7, 11) is 4.74. The molecule has 0 saturated carbocycles. The lowest BCUT2D eigenvalue weighted by Gasteiger charge is -2.15. The van der Waals surface area contributed by atoms with Crippen molar-refractivity contribution in [3.8, 4) is 17.2 Å². The molecule has 2 aromatic carbocycles. The molecule has 7 heteroatoms. The number of hydrogen-bond donors (Lipinski definition) is 1. The zero-order chi connectivity index (χ0) is 20.6. The Kier molecular flexibility index (Phi) is 7.43. The standard InChI is InChI=1S/C22H23NO4S2/c1-25-18-12-20(27-3)19(26-2)11-15(18)13-23-22(24)17-8-4-5-9-21(17)29-14-16-7-6-10-28-16/h4-12H,13-14H2,1-3H3,(H,23,24). The summed E-state index contributed by atoms with van der Waals surface area (Å²) >= 11 is 3.38. The van der Waals surface area contributed by atoms with Crippen molar-refractivity contribution < 1.29 is 19.0 Å². The Balaban J connectivity index is 1.73. The second kappa shape index (κ2) is 10.2. The van der Waals surface area contributed by atoms with Crippen molar-refractivity contribution in [1.29, 1.82) is 0 Å². The second-order valence-electron chi connectivity index (χ2n) is 6.07. The minimum atomic E-state index is -0.129. The van der Waals surface area contributed by atoms with E-state index >= 15 is 0 Å². The molecule has 0 aliphatic carbocycles. The fourth-order valence-corrected chi connectivity index (χ4v) is 4.65. The molecule has 1 N–H and O–H groups in total. The van der Waals surface area contributed by atoms with Crippen LogP contribution in [0.5, 0.6) is 17.2 Å². The molecular weight excluding hydrogens is 406 g/mol. The SMILES string of the molecule is COc1cc(OC)c(OC)cc1CNC(=O)c1ccccc1SCc1cccs1. The largest absolute Gasteiger partial charge is 0.496 e. The van der Waals surface area contributed by atoms with Gasteiger partial charge in [0.2, 0.25) is 0 Å². The first-order chi connectivity index (χ1) is 14.2. The third kappa shape index (κ3) is 5.25. The zero-order valence-corrected chi connectivity index (χ0v) is 18.2. The number of hydrogen-bond acceptors (Lipinski definition) is 6. The Morgan fingerprint density at radius 2 is 1.69 bits per heavy atom. The average Bonchev–Trinajstić information content (AvgIpc) is 3.29. The summed E-state index contributed by atoms with van der Waals surface area (Å²) in [6.07, 6.45) is 0. The molecule has 5 nitrogen and oxygen atoms in total. The van der Waals surface area contributed by atoms with Crippen molar-refractivity contribution >= 4 is 29.0 Å². The quantitative estimate of drug-likeness (QED) is 0.485. The number of carbonyl (C=O) groups excluding carboxylic acids is 1. The highest BCUT2D eigenvalue weighted by atomic mass is 32.2. The number of amides is 1. The van der Waals surface area contributed by atoms with Gasteiger partial charge in [-0.3, -0.25) is 4.79 Å². The van der Waals surface area contributed by atoms with Gasteiger partial charge >= 0.3 is 0 Å². The molecule has 0 aliphatic heterocycles. The molecule has 0 radical (unpaired) electrons. The van der Waals surface area contributed by atoms with E-state index < -0.39 is 0 Å². The van der Waals surface area contributed by atoms with Crippen LogP contribution in [0.1, 0.15) is 20.8 Å². The Morgan fingerprint density at radius 3 is 2.38 bits per heavy atom. The van der Waals surface area contributed by atoms with Crippen molar-refractivity contribution in [2.75, 3.05) is 21.3 Å². The summed E-state index contributed by atoms with van der Waals surface area (Å²) in [6, 6.07) is 15.4. The summed E-state index contributed by atoms with van der Waals surface area (Å²) in [5, 5.41) is 5.05. The maximum Gasteiger partial charge on any atom is 0.252 e. The molecule has 0 unspecified atom stereocenters. The Hall–Kier alpha value is -2.64. The number of ether oxygens (including phenoxy) is 3. The molecule has 29 heavy (non-hydrogen) atoms. The Bertz CT molecular complexity index is 957.